The monoisotopic (exact) mass is 459 g/mol. The molecule has 10 nitrogen and oxygen atoms in total. The number of primary amides is 1. The van der Waals surface area contributed by atoms with Crippen LogP contribution in [-0.2, 0) is 9.47 Å². The zero-order chi connectivity index (χ0) is 24.3. The Morgan fingerprint density at radius 2 is 1.82 bits per heavy atom. The number of carbonyl (C=O) groups excluding carboxylic acids is 2. The number of hydrogen-bond acceptors (Lipinski definition) is 8. The molecule has 1 saturated heterocycles. The molecule has 2 N–H and O–H groups in total. The van der Waals surface area contributed by atoms with Gasteiger partial charge in [-0.25, -0.2) is 9.78 Å². The van der Waals surface area contributed by atoms with Gasteiger partial charge in [-0.15, -0.1) is 0 Å². The molecular formula is C23H33N5O5. The number of nitrogens with zero attached hydrogens (tertiary/aromatic N) is 4. The van der Waals surface area contributed by atoms with Gasteiger partial charge in [0.1, 0.15) is 12.2 Å². The quantitative estimate of drug-likeness (QED) is 0.655. The summed E-state index contributed by atoms with van der Waals surface area (Å²) >= 11 is 0. The Hall–Kier alpha value is -3.14. The molecule has 1 aromatic carbocycles. The molecular weight excluding hydrogens is 426 g/mol. The fourth-order valence-electron chi connectivity index (χ4n) is 4.04. The molecule has 33 heavy (non-hydrogen) atoms. The van der Waals surface area contributed by atoms with Crippen molar-refractivity contribution in [1.82, 2.24) is 14.9 Å². The van der Waals surface area contributed by atoms with Crippen LogP contribution in [-0.4, -0.2) is 78.0 Å². The zero-order valence-corrected chi connectivity index (χ0v) is 20.1. The van der Waals surface area contributed by atoms with Crippen molar-refractivity contribution < 1.29 is 23.8 Å². The number of piperazine rings is 1. The van der Waals surface area contributed by atoms with E-state index in [1.165, 1.54) is 0 Å². The molecule has 1 aromatic heterocycles. The highest BCUT2D eigenvalue weighted by Crippen LogP contribution is 2.32. The molecule has 180 valence electrons. The first-order valence-electron chi connectivity index (χ1n) is 11.0. The smallest absolute Gasteiger partial charge is 0.410 e. The van der Waals surface area contributed by atoms with Crippen LogP contribution in [0.25, 0.3) is 10.9 Å². The van der Waals surface area contributed by atoms with Crippen LogP contribution < -0.4 is 15.4 Å². The lowest BCUT2D eigenvalue weighted by Crippen LogP contribution is -2.59. The second-order valence-corrected chi connectivity index (χ2v) is 9.24. The first-order chi connectivity index (χ1) is 15.5. The molecule has 1 fully saturated rings. The average molecular weight is 460 g/mol. The Bertz CT molecular complexity index is 1010. The van der Waals surface area contributed by atoms with E-state index in [9.17, 15) is 9.59 Å². The van der Waals surface area contributed by atoms with Gasteiger partial charge in [-0.2, -0.15) is 4.98 Å². The van der Waals surface area contributed by atoms with E-state index in [-0.39, 0.29) is 30.8 Å². The summed E-state index contributed by atoms with van der Waals surface area (Å²) in [6.07, 6.45) is 1.32. The normalized spacial score (nSPS) is 19.0. The predicted octanol–water partition coefficient (Wildman–Crippen LogP) is 2.59. The highest BCUT2D eigenvalue weighted by atomic mass is 16.6. The Balaban J connectivity index is 1.91. The highest BCUT2D eigenvalue weighted by molar-refractivity contribution is 6.08. The summed E-state index contributed by atoms with van der Waals surface area (Å²) in [5, 5.41) is 0.690. The number of anilines is 1. The van der Waals surface area contributed by atoms with Gasteiger partial charge < -0.3 is 24.8 Å². The van der Waals surface area contributed by atoms with Gasteiger partial charge >= 0.3 is 12.1 Å². The van der Waals surface area contributed by atoms with Gasteiger partial charge in [0.25, 0.3) is 5.91 Å². The summed E-state index contributed by atoms with van der Waals surface area (Å²) in [6.45, 7) is 11.4. The molecule has 10 heteroatoms. The van der Waals surface area contributed by atoms with Crippen LogP contribution in [0.2, 0.25) is 0 Å². The van der Waals surface area contributed by atoms with Crippen LogP contribution in [0.15, 0.2) is 18.3 Å². The van der Waals surface area contributed by atoms with Crippen LogP contribution in [0.4, 0.5) is 10.5 Å². The van der Waals surface area contributed by atoms with E-state index in [0.29, 0.717) is 36.2 Å². The van der Waals surface area contributed by atoms with Gasteiger partial charge in [-0.1, -0.05) is 0 Å². The van der Waals surface area contributed by atoms with Crippen molar-refractivity contribution in [2.24, 2.45) is 5.73 Å². The average Bonchev–Trinajstić information content (AvgIpc) is 2.71. The minimum absolute atomic E-state index is 0.0907. The number of aromatic nitrogens is 2. The molecule has 0 spiro atoms. The van der Waals surface area contributed by atoms with Crippen LogP contribution in [0.5, 0.6) is 6.01 Å². The fraction of sp³-hybridized carbons (Fsp3) is 0.565. The number of amides is 2. The van der Waals surface area contributed by atoms with Crippen molar-refractivity contribution in [3.63, 3.8) is 0 Å². The van der Waals surface area contributed by atoms with E-state index in [1.54, 1.807) is 24.3 Å². The third-order valence-electron chi connectivity index (χ3n) is 5.35. The largest absolute Gasteiger partial charge is 0.461 e. The number of ether oxygens (including phenoxy) is 3. The van der Waals surface area contributed by atoms with Crippen molar-refractivity contribution in [1.29, 1.82) is 0 Å². The molecule has 1 aliphatic heterocycles. The molecule has 2 amide bonds. The molecule has 0 radical (unpaired) electrons. The van der Waals surface area contributed by atoms with E-state index < -0.39 is 11.5 Å². The van der Waals surface area contributed by atoms with Crippen LogP contribution >= 0.6 is 0 Å². The van der Waals surface area contributed by atoms with Crippen molar-refractivity contribution >= 4 is 28.6 Å². The van der Waals surface area contributed by atoms with Gasteiger partial charge in [-0.05, 0) is 46.8 Å². The first-order valence-corrected chi connectivity index (χ1v) is 11.0. The molecule has 2 aromatic rings. The van der Waals surface area contributed by atoms with Crippen LogP contribution in [0.3, 0.4) is 0 Å². The Kier molecular flexibility index (Phi) is 7.26. The van der Waals surface area contributed by atoms with Gasteiger partial charge in [0.2, 0.25) is 0 Å². The molecule has 0 aliphatic carbocycles. The predicted molar refractivity (Wildman–Crippen MR) is 125 cm³/mol. The summed E-state index contributed by atoms with van der Waals surface area (Å²) in [7, 11) is 1.58. The second-order valence-electron chi connectivity index (χ2n) is 9.24. The lowest BCUT2D eigenvalue weighted by molar-refractivity contribution is 0.00567. The molecule has 2 heterocycles. The number of hydrogen-bond donors (Lipinski definition) is 1. The Labute approximate surface area is 194 Å². The second kappa shape index (κ2) is 9.78. The van der Waals surface area contributed by atoms with Crippen molar-refractivity contribution in [2.45, 2.75) is 52.3 Å². The molecule has 0 bridgehead atoms. The zero-order valence-electron chi connectivity index (χ0n) is 20.1. The van der Waals surface area contributed by atoms with Crippen molar-refractivity contribution in [3.8, 4) is 6.01 Å². The maximum Gasteiger partial charge on any atom is 0.410 e. The summed E-state index contributed by atoms with van der Waals surface area (Å²) in [6, 6.07) is 3.48. The lowest BCUT2D eigenvalue weighted by Gasteiger charge is -2.45. The summed E-state index contributed by atoms with van der Waals surface area (Å²) < 4.78 is 16.1. The molecule has 1 aliphatic rings. The van der Waals surface area contributed by atoms with E-state index >= 15 is 0 Å². The molecule has 0 saturated carbocycles. The Morgan fingerprint density at radius 1 is 1.15 bits per heavy atom. The number of benzene rings is 1. The van der Waals surface area contributed by atoms with E-state index in [0.717, 1.165) is 5.69 Å². The first kappa shape index (κ1) is 24.5. The maximum atomic E-state index is 12.7. The molecule has 0 unspecified atom stereocenters. The maximum absolute atomic E-state index is 12.7. The summed E-state index contributed by atoms with van der Waals surface area (Å²) in [4.78, 5) is 37.5. The Morgan fingerprint density at radius 3 is 2.39 bits per heavy atom. The fourth-order valence-corrected chi connectivity index (χ4v) is 4.04. The summed E-state index contributed by atoms with van der Waals surface area (Å²) in [5.41, 5.74) is 6.62. The van der Waals surface area contributed by atoms with Gasteiger partial charge in [-0.3, -0.25) is 9.69 Å². The molecule has 2 atom stereocenters. The van der Waals surface area contributed by atoms with Crippen LogP contribution in [0, 0.1) is 0 Å². The van der Waals surface area contributed by atoms with E-state index in [2.05, 4.69) is 14.9 Å². The molecule has 3 rings (SSSR count). The van der Waals surface area contributed by atoms with E-state index in [1.807, 2.05) is 40.7 Å². The number of carbonyl (C=O) groups is 2. The number of nitrogens with two attached hydrogens (primary N) is 1. The third kappa shape index (κ3) is 5.62. The van der Waals surface area contributed by atoms with Gasteiger partial charge in [0.05, 0.1) is 29.8 Å². The van der Waals surface area contributed by atoms with Crippen LogP contribution in [0.1, 0.15) is 45.0 Å². The highest BCUT2D eigenvalue weighted by Gasteiger charge is 2.36. The van der Waals surface area contributed by atoms with E-state index in [4.69, 9.17) is 19.9 Å². The number of fused-ring (bicyclic) bond motifs is 1. The minimum Gasteiger partial charge on any atom is -0.461 e. The SMILES string of the molecule is COCCOc1ncc2c(N3C[C@H](C)N(C(=O)OC(C)(C)C)[C@@H](C)C3)ccc(C(N)=O)c2n1. The topological polar surface area (TPSA) is 120 Å². The standard InChI is InChI=1S/C23H33N5O5/c1-14-12-27(13-15(2)28(14)22(30)33-23(3,4)5)18-8-7-16(20(24)29)19-17(18)11-25-21(26-19)32-10-9-31-6/h7-8,11,14-15H,9-10,12-13H2,1-6H3,(H2,24,29)/t14-,15-/m0/s1. The number of methoxy groups -OCH3 is 1. The van der Waals surface area contributed by atoms with Gasteiger partial charge in [0.15, 0.2) is 0 Å². The number of rotatable bonds is 6. The summed E-state index contributed by atoms with van der Waals surface area (Å²) in [5.74, 6) is -0.579. The lowest BCUT2D eigenvalue weighted by atomic mass is 10.0. The van der Waals surface area contributed by atoms with Crippen molar-refractivity contribution in [2.75, 3.05) is 38.3 Å². The van der Waals surface area contributed by atoms with Crippen molar-refractivity contribution in [3.05, 3.63) is 23.9 Å². The van der Waals surface area contributed by atoms with Gasteiger partial charge in [0, 0.05) is 37.5 Å². The third-order valence-corrected chi connectivity index (χ3v) is 5.35. The minimum atomic E-state index is -0.579.